The van der Waals surface area contributed by atoms with Crippen molar-refractivity contribution in [2.24, 2.45) is 0 Å². The second-order valence-corrected chi connectivity index (χ2v) is 6.23. The van der Waals surface area contributed by atoms with Crippen LogP contribution in [-0.2, 0) is 4.79 Å². The lowest BCUT2D eigenvalue weighted by atomic mass is 10.0. The third-order valence-electron chi connectivity index (χ3n) is 4.60. The van der Waals surface area contributed by atoms with Crippen molar-refractivity contribution in [2.75, 3.05) is 38.5 Å². The van der Waals surface area contributed by atoms with Crippen molar-refractivity contribution < 1.29 is 9.59 Å². The predicted molar refractivity (Wildman–Crippen MR) is 92.8 cm³/mol. The first-order valence-electron chi connectivity index (χ1n) is 8.33. The Hall–Kier alpha value is -1.72. The summed E-state index contributed by atoms with van der Waals surface area (Å²) in [7, 11) is 2.00. The van der Waals surface area contributed by atoms with E-state index in [0.717, 1.165) is 32.5 Å². The Balaban J connectivity index is 1.89. The molecule has 1 fully saturated rings. The van der Waals surface area contributed by atoms with E-state index in [9.17, 15) is 9.59 Å². The molecule has 1 saturated heterocycles. The molecule has 5 nitrogen and oxygen atoms in total. The molecule has 0 unspecified atom stereocenters. The van der Waals surface area contributed by atoms with Crippen LogP contribution in [0, 0.1) is 0 Å². The summed E-state index contributed by atoms with van der Waals surface area (Å²) in [6.45, 7) is 7.34. The Morgan fingerprint density at radius 2 is 1.91 bits per heavy atom. The number of likely N-dealkylation sites (tertiary alicyclic amines) is 1. The van der Waals surface area contributed by atoms with Crippen LogP contribution in [0.4, 0.5) is 5.69 Å². The quantitative estimate of drug-likeness (QED) is 0.818. The molecule has 1 aromatic rings. The Morgan fingerprint density at radius 1 is 1.26 bits per heavy atom. The number of benzene rings is 1. The second-order valence-electron chi connectivity index (χ2n) is 6.23. The lowest BCUT2D eigenvalue weighted by molar-refractivity contribution is -0.117. The second kappa shape index (κ2) is 8.22. The number of anilines is 1. The third-order valence-corrected chi connectivity index (χ3v) is 4.60. The van der Waals surface area contributed by atoms with Crippen LogP contribution in [0.3, 0.4) is 0 Å². The highest BCUT2D eigenvalue weighted by Gasteiger charge is 2.23. The number of para-hydroxylation sites is 1. The number of carbonyl (C=O) groups is 2. The Bertz CT molecular complexity index is 551. The first-order valence-corrected chi connectivity index (χ1v) is 8.33. The van der Waals surface area contributed by atoms with Gasteiger partial charge in [-0.1, -0.05) is 19.1 Å². The standard InChI is InChI=1S/C18H27N3O2/c1-4-21-11-9-15(10-12-21)20(3)13-18(23)19-17-8-6-5-7-16(17)14(2)22/h5-8,15H,4,9-13H2,1-3H3,(H,19,23). The van der Waals surface area contributed by atoms with Gasteiger partial charge in [-0.25, -0.2) is 0 Å². The monoisotopic (exact) mass is 317 g/mol. The molecular formula is C18H27N3O2. The average Bonchev–Trinajstić information content (AvgIpc) is 2.55. The number of piperidine rings is 1. The SMILES string of the molecule is CCN1CCC(N(C)CC(=O)Nc2ccccc2C(C)=O)CC1. The molecule has 1 N–H and O–H groups in total. The molecular weight excluding hydrogens is 290 g/mol. The molecule has 0 aromatic heterocycles. The van der Waals surface area contributed by atoms with Gasteiger partial charge < -0.3 is 10.2 Å². The number of nitrogens with one attached hydrogen (secondary N) is 1. The summed E-state index contributed by atoms with van der Waals surface area (Å²) in [5, 5.41) is 2.87. The molecule has 0 saturated carbocycles. The normalized spacial score (nSPS) is 16.5. The maximum absolute atomic E-state index is 12.3. The summed E-state index contributed by atoms with van der Waals surface area (Å²) in [4.78, 5) is 28.5. The zero-order chi connectivity index (χ0) is 16.8. The first kappa shape index (κ1) is 17.6. The fourth-order valence-corrected chi connectivity index (χ4v) is 3.12. The van der Waals surface area contributed by atoms with Crippen molar-refractivity contribution in [3.8, 4) is 0 Å². The molecule has 1 amide bonds. The van der Waals surface area contributed by atoms with Gasteiger partial charge in [-0.15, -0.1) is 0 Å². The molecule has 1 aromatic carbocycles. The molecule has 0 aliphatic carbocycles. The van der Waals surface area contributed by atoms with Gasteiger partial charge in [0.25, 0.3) is 0 Å². The van der Waals surface area contributed by atoms with E-state index in [-0.39, 0.29) is 11.7 Å². The minimum atomic E-state index is -0.0703. The van der Waals surface area contributed by atoms with Crippen LogP contribution in [0.15, 0.2) is 24.3 Å². The van der Waals surface area contributed by atoms with E-state index in [0.29, 0.717) is 23.8 Å². The lowest BCUT2D eigenvalue weighted by Crippen LogP contribution is -2.45. The molecule has 0 spiro atoms. The zero-order valence-corrected chi connectivity index (χ0v) is 14.3. The van der Waals surface area contributed by atoms with Crippen LogP contribution >= 0.6 is 0 Å². The molecule has 5 heteroatoms. The van der Waals surface area contributed by atoms with Crippen LogP contribution in [-0.4, -0.2) is 60.8 Å². The van der Waals surface area contributed by atoms with Crippen LogP contribution in [0.2, 0.25) is 0 Å². The van der Waals surface area contributed by atoms with E-state index in [4.69, 9.17) is 0 Å². The van der Waals surface area contributed by atoms with Crippen LogP contribution in [0.25, 0.3) is 0 Å². The van der Waals surface area contributed by atoms with Gasteiger partial charge in [-0.05, 0) is 58.6 Å². The first-order chi connectivity index (χ1) is 11.0. The third kappa shape index (κ3) is 4.88. The van der Waals surface area contributed by atoms with Crippen molar-refractivity contribution in [2.45, 2.75) is 32.7 Å². The van der Waals surface area contributed by atoms with Gasteiger partial charge in [0.15, 0.2) is 5.78 Å². The van der Waals surface area contributed by atoms with Crippen LogP contribution in [0.5, 0.6) is 0 Å². The number of carbonyl (C=O) groups excluding carboxylic acids is 2. The van der Waals surface area contributed by atoms with Gasteiger partial charge in [0.1, 0.15) is 0 Å². The molecule has 0 bridgehead atoms. The number of hydrogen-bond donors (Lipinski definition) is 1. The van der Waals surface area contributed by atoms with Gasteiger partial charge in [0, 0.05) is 11.6 Å². The lowest BCUT2D eigenvalue weighted by Gasteiger charge is -2.36. The van der Waals surface area contributed by atoms with Crippen molar-refractivity contribution in [1.82, 2.24) is 9.80 Å². The van der Waals surface area contributed by atoms with Gasteiger partial charge in [-0.3, -0.25) is 14.5 Å². The number of Topliss-reactive ketones (excluding diaryl/α,β-unsaturated/α-hetero) is 1. The number of rotatable bonds is 6. The fourth-order valence-electron chi connectivity index (χ4n) is 3.12. The van der Waals surface area contributed by atoms with Gasteiger partial charge >= 0.3 is 0 Å². The summed E-state index contributed by atoms with van der Waals surface area (Å²) < 4.78 is 0. The van der Waals surface area contributed by atoms with Crippen molar-refractivity contribution in [1.29, 1.82) is 0 Å². The number of amides is 1. The smallest absolute Gasteiger partial charge is 0.238 e. The Morgan fingerprint density at radius 3 is 2.52 bits per heavy atom. The van der Waals surface area contributed by atoms with E-state index in [2.05, 4.69) is 22.0 Å². The minimum Gasteiger partial charge on any atom is -0.324 e. The maximum Gasteiger partial charge on any atom is 0.238 e. The highest BCUT2D eigenvalue weighted by molar-refractivity contribution is 6.04. The summed E-state index contributed by atoms with van der Waals surface area (Å²) in [6, 6.07) is 7.59. The van der Waals surface area contributed by atoms with E-state index in [1.807, 2.05) is 13.1 Å². The molecule has 23 heavy (non-hydrogen) atoms. The summed E-state index contributed by atoms with van der Waals surface area (Å²) >= 11 is 0. The topological polar surface area (TPSA) is 52.6 Å². The maximum atomic E-state index is 12.3. The zero-order valence-electron chi connectivity index (χ0n) is 14.3. The van der Waals surface area contributed by atoms with Crippen LogP contribution in [0.1, 0.15) is 37.0 Å². The highest BCUT2D eigenvalue weighted by Crippen LogP contribution is 2.17. The largest absolute Gasteiger partial charge is 0.324 e. The summed E-state index contributed by atoms with van der Waals surface area (Å²) in [5.41, 5.74) is 1.15. The number of nitrogens with zero attached hydrogens (tertiary/aromatic N) is 2. The number of likely N-dealkylation sites (N-methyl/N-ethyl adjacent to an activating group) is 1. The average molecular weight is 317 g/mol. The molecule has 0 radical (unpaired) electrons. The van der Waals surface area contributed by atoms with E-state index in [1.54, 1.807) is 18.2 Å². The molecule has 0 atom stereocenters. The molecule has 1 aliphatic heterocycles. The van der Waals surface area contributed by atoms with E-state index in [1.165, 1.54) is 6.92 Å². The summed E-state index contributed by atoms with van der Waals surface area (Å²) in [5.74, 6) is -0.111. The minimum absolute atomic E-state index is 0.0406. The number of hydrogen-bond acceptors (Lipinski definition) is 4. The molecule has 1 heterocycles. The fraction of sp³-hybridized carbons (Fsp3) is 0.556. The van der Waals surface area contributed by atoms with Crippen molar-refractivity contribution in [3.63, 3.8) is 0 Å². The highest BCUT2D eigenvalue weighted by atomic mass is 16.2. The van der Waals surface area contributed by atoms with E-state index < -0.39 is 0 Å². The van der Waals surface area contributed by atoms with Crippen molar-refractivity contribution in [3.05, 3.63) is 29.8 Å². The molecule has 126 valence electrons. The van der Waals surface area contributed by atoms with Crippen molar-refractivity contribution >= 4 is 17.4 Å². The van der Waals surface area contributed by atoms with Crippen LogP contribution < -0.4 is 5.32 Å². The van der Waals surface area contributed by atoms with Gasteiger partial charge in [-0.2, -0.15) is 0 Å². The molecule has 2 rings (SSSR count). The summed E-state index contributed by atoms with van der Waals surface area (Å²) in [6.07, 6.45) is 2.20. The van der Waals surface area contributed by atoms with E-state index >= 15 is 0 Å². The van der Waals surface area contributed by atoms with Gasteiger partial charge in [0.05, 0.1) is 12.2 Å². The molecule has 1 aliphatic rings. The van der Waals surface area contributed by atoms with Gasteiger partial charge in [0.2, 0.25) is 5.91 Å². The predicted octanol–water partition coefficient (Wildman–Crippen LogP) is 2.24. The number of ketones is 1. The Kier molecular flexibility index (Phi) is 6.30. The Labute approximate surface area is 138 Å².